The molecule has 0 aromatic carbocycles. The molecule has 5 heteroatoms. The number of hydrogen-bond acceptors (Lipinski definition) is 4. The second kappa shape index (κ2) is 5.61. The molecule has 2 heterocycles. The first-order valence-corrected chi connectivity index (χ1v) is 6.02. The molecule has 0 radical (unpaired) electrons. The lowest BCUT2D eigenvalue weighted by molar-refractivity contribution is -0.123. The van der Waals surface area contributed by atoms with Crippen molar-refractivity contribution in [2.45, 2.75) is 31.4 Å². The molecule has 0 saturated carbocycles. The van der Waals surface area contributed by atoms with Crippen LogP contribution in [0.25, 0.3) is 0 Å². The van der Waals surface area contributed by atoms with Gasteiger partial charge in [0, 0.05) is 26.3 Å². The lowest BCUT2D eigenvalue weighted by atomic mass is 10.0. The lowest BCUT2D eigenvalue weighted by Crippen LogP contribution is -2.42. The summed E-state index contributed by atoms with van der Waals surface area (Å²) in [5.41, 5.74) is 0. The number of aliphatic hydroxyl groups is 1. The zero-order valence-corrected chi connectivity index (χ0v) is 9.45. The van der Waals surface area contributed by atoms with Crippen molar-refractivity contribution in [2.24, 2.45) is 5.92 Å². The van der Waals surface area contributed by atoms with E-state index in [-0.39, 0.29) is 18.1 Å². The minimum absolute atomic E-state index is 0.0167. The molecule has 0 spiro atoms. The van der Waals surface area contributed by atoms with Crippen LogP contribution in [0, 0.1) is 5.92 Å². The number of aliphatic hydroxyl groups excluding tert-OH is 1. The van der Waals surface area contributed by atoms with Gasteiger partial charge in [0.25, 0.3) is 0 Å². The largest absolute Gasteiger partial charge is 0.392 e. The van der Waals surface area contributed by atoms with Crippen molar-refractivity contribution < 1.29 is 14.6 Å². The highest BCUT2D eigenvalue weighted by atomic mass is 16.5. The molecule has 0 unspecified atom stereocenters. The molecule has 16 heavy (non-hydrogen) atoms. The van der Waals surface area contributed by atoms with Crippen molar-refractivity contribution in [3.8, 4) is 0 Å². The number of carbonyl (C=O) groups is 1. The molecule has 2 rings (SSSR count). The Bertz CT molecular complexity index is 241. The van der Waals surface area contributed by atoms with Gasteiger partial charge in [0.2, 0.25) is 5.91 Å². The number of amides is 1. The van der Waals surface area contributed by atoms with Gasteiger partial charge in [-0.15, -0.1) is 0 Å². The van der Waals surface area contributed by atoms with Crippen molar-refractivity contribution in [1.82, 2.24) is 10.6 Å². The van der Waals surface area contributed by atoms with E-state index in [1.807, 2.05) is 0 Å². The summed E-state index contributed by atoms with van der Waals surface area (Å²) < 4.78 is 5.26. The zero-order valence-electron chi connectivity index (χ0n) is 9.45. The van der Waals surface area contributed by atoms with Crippen molar-refractivity contribution in [3.05, 3.63) is 0 Å². The van der Waals surface area contributed by atoms with Gasteiger partial charge in [0.15, 0.2) is 0 Å². The summed E-state index contributed by atoms with van der Waals surface area (Å²) in [5, 5.41) is 15.3. The number of carbonyl (C=O) groups excluding carboxylic acids is 1. The maximum absolute atomic E-state index is 11.7. The van der Waals surface area contributed by atoms with Crippen molar-refractivity contribution in [3.63, 3.8) is 0 Å². The van der Waals surface area contributed by atoms with E-state index < -0.39 is 0 Å². The van der Waals surface area contributed by atoms with Gasteiger partial charge < -0.3 is 20.5 Å². The highest BCUT2D eigenvalue weighted by Gasteiger charge is 2.28. The first kappa shape index (κ1) is 11.8. The van der Waals surface area contributed by atoms with Gasteiger partial charge in [-0.3, -0.25) is 4.79 Å². The Morgan fingerprint density at radius 3 is 2.81 bits per heavy atom. The SMILES string of the molecule is O=C(NCC1CCOCC1)[C@@H]1C[C@@H](O)CN1. The molecule has 5 nitrogen and oxygen atoms in total. The molecule has 1 amide bonds. The molecular weight excluding hydrogens is 208 g/mol. The Morgan fingerprint density at radius 2 is 2.19 bits per heavy atom. The van der Waals surface area contributed by atoms with E-state index in [2.05, 4.69) is 10.6 Å². The molecule has 2 aliphatic heterocycles. The van der Waals surface area contributed by atoms with Gasteiger partial charge in [0.1, 0.15) is 0 Å². The highest BCUT2D eigenvalue weighted by Crippen LogP contribution is 2.13. The number of ether oxygens (including phenoxy) is 1. The van der Waals surface area contributed by atoms with Gasteiger partial charge in [-0.2, -0.15) is 0 Å². The van der Waals surface area contributed by atoms with E-state index >= 15 is 0 Å². The molecular formula is C11H20N2O3. The van der Waals surface area contributed by atoms with Crippen LogP contribution < -0.4 is 10.6 Å². The first-order valence-electron chi connectivity index (χ1n) is 6.02. The van der Waals surface area contributed by atoms with Crippen molar-refractivity contribution >= 4 is 5.91 Å². The second-order valence-corrected chi connectivity index (χ2v) is 4.65. The minimum Gasteiger partial charge on any atom is -0.392 e. The molecule has 2 atom stereocenters. The summed E-state index contributed by atoms with van der Waals surface area (Å²) >= 11 is 0. The van der Waals surface area contributed by atoms with E-state index in [0.717, 1.165) is 32.6 Å². The van der Waals surface area contributed by atoms with Gasteiger partial charge >= 0.3 is 0 Å². The molecule has 2 saturated heterocycles. The standard InChI is InChI=1S/C11H20N2O3/c14-9-5-10(12-7-9)11(15)13-6-8-1-3-16-4-2-8/h8-10,12,14H,1-7H2,(H,13,15)/t9-,10+/m1/s1. The number of hydrogen-bond donors (Lipinski definition) is 3. The monoisotopic (exact) mass is 228 g/mol. The van der Waals surface area contributed by atoms with Crippen LogP contribution in [0.4, 0.5) is 0 Å². The average Bonchev–Trinajstić information content (AvgIpc) is 2.74. The Hall–Kier alpha value is -0.650. The van der Waals surface area contributed by atoms with E-state index in [9.17, 15) is 9.90 Å². The summed E-state index contributed by atoms with van der Waals surface area (Å²) in [6, 6.07) is -0.213. The fraction of sp³-hybridized carbons (Fsp3) is 0.909. The van der Waals surface area contributed by atoms with Crippen LogP contribution in [-0.4, -0.2) is 49.5 Å². The minimum atomic E-state index is -0.376. The number of nitrogens with one attached hydrogen (secondary N) is 2. The van der Waals surface area contributed by atoms with Crippen LogP contribution in [-0.2, 0) is 9.53 Å². The number of β-amino-alcohol motifs (C(OH)–C–C–N with tert-alkyl or cyclic N) is 1. The van der Waals surface area contributed by atoms with Gasteiger partial charge in [-0.1, -0.05) is 0 Å². The maximum atomic E-state index is 11.7. The van der Waals surface area contributed by atoms with Crippen molar-refractivity contribution in [2.75, 3.05) is 26.3 Å². The van der Waals surface area contributed by atoms with Crippen LogP contribution >= 0.6 is 0 Å². The second-order valence-electron chi connectivity index (χ2n) is 4.65. The topological polar surface area (TPSA) is 70.6 Å². The zero-order chi connectivity index (χ0) is 11.4. The molecule has 92 valence electrons. The van der Waals surface area contributed by atoms with Crippen LogP contribution in [0.2, 0.25) is 0 Å². The first-order chi connectivity index (χ1) is 7.75. The summed E-state index contributed by atoms with van der Waals surface area (Å²) in [5.74, 6) is 0.562. The fourth-order valence-corrected chi connectivity index (χ4v) is 2.24. The Morgan fingerprint density at radius 1 is 1.44 bits per heavy atom. The quantitative estimate of drug-likeness (QED) is 0.594. The summed E-state index contributed by atoms with van der Waals surface area (Å²) in [6.07, 6.45) is 2.21. The molecule has 0 aliphatic carbocycles. The van der Waals surface area contributed by atoms with Crippen molar-refractivity contribution in [1.29, 1.82) is 0 Å². The summed E-state index contributed by atoms with van der Waals surface area (Å²) in [6.45, 7) is 2.87. The summed E-state index contributed by atoms with van der Waals surface area (Å²) in [4.78, 5) is 11.7. The van der Waals surface area contributed by atoms with E-state index in [4.69, 9.17) is 4.74 Å². The van der Waals surface area contributed by atoms with E-state index in [0.29, 0.717) is 18.9 Å². The number of rotatable bonds is 3. The fourth-order valence-electron chi connectivity index (χ4n) is 2.24. The lowest BCUT2D eigenvalue weighted by Gasteiger charge is -2.22. The third-order valence-electron chi connectivity index (χ3n) is 3.33. The molecule has 0 bridgehead atoms. The predicted octanol–water partition coefficient (Wildman–Crippen LogP) is -0.748. The molecule has 0 aromatic rings. The molecule has 2 aliphatic rings. The average molecular weight is 228 g/mol. The van der Waals surface area contributed by atoms with Gasteiger partial charge in [0.05, 0.1) is 12.1 Å². The van der Waals surface area contributed by atoms with Crippen LogP contribution in [0.1, 0.15) is 19.3 Å². The molecule has 2 fully saturated rings. The van der Waals surface area contributed by atoms with Crippen LogP contribution in [0.5, 0.6) is 0 Å². The van der Waals surface area contributed by atoms with Crippen LogP contribution in [0.15, 0.2) is 0 Å². The highest BCUT2D eigenvalue weighted by molar-refractivity contribution is 5.82. The Balaban J connectivity index is 1.67. The van der Waals surface area contributed by atoms with Crippen LogP contribution in [0.3, 0.4) is 0 Å². The van der Waals surface area contributed by atoms with Gasteiger partial charge in [-0.05, 0) is 25.2 Å². The third-order valence-corrected chi connectivity index (χ3v) is 3.33. The van der Waals surface area contributed by atoms with Gasteiger partial charge in [-0.25, -0.2) is 0 Å². The summed E-state index contributed by atoms with van der Waals surface area (Å²) in [7, 11) is 0. The third kappa shape index (κ3) is 3.17. The Labute approximate surface area is 95.5 Å². The predicted molar refractivity (Wildman–Crippen MR) is 59.0 cm³/mol. The van der Waals surface area contributed by atoms with E-state index in [1.54, 1.807) is 0 Å². The maximum Gasteiger partial charge on any atom is 0.237 e. The smallest absolute Gasteiger partial charge is 0.237 e. The Kier molecular flexibility index (Phi) is 4.15. The van der Waals surface area contributed by atoms with E-state index in [1.165, 1.54) is 0 Å². The molecule has 3 N–H and O–H groups in total. The molecule has 0 aromatic heterocycles. The normalized spacial score (nSPS) is 31.6.